The van der Waals surface area contributed by atoms with Crippen LogP contribution in [0.4, 0.5) is 13.2 Å². The van der Waals surface area contributed by atoms with Crippen LogP contribution in [0.25, 0.3) is 65.6 Å². The molecular formula is C57H53F3N2O8. The fourth-order valence-corrected chi connectivity index (χ4v) is 9.81. The minimum Gasteiger partial charge on any atom is -0.493 e. The van der Waals surface area contributed by atoms with E-state index in [1.165, 1.54) is 6.92 Å². The zero-order valence-corrected chi connectivity index (χ0v) is 39.6. The molecule has 0 bridgehead atoms. The predicted octanol–water partition coefficient (Wildman–Crippen LogP) is 12.7. The molecule has 2 aliphatic heterocycles. The molecule has 10 rings (SSSR count). The standard InChI is InChI=1S/C29H28FNO4.C28H25F2NO4/c1-4-29(3,16-30)35-27(28(32)33)23-17(2)15-19-7-5-6-8-20(19)25(23)21-9-10-22-24-18(12-14-34-22)11-13-31-26(21)24;1-16-13-18-5-3-4-6-19(18)24(22(16)26(27(32)33)35-28(2,14-29)15-30)20-7-8-21-23-17(10-12-34-21)9-11-31-25(20)23/h5-11,13,15,27H,4,12,14,16H2,1-3H3,(H,32,33);3-9,11,13,26H,10,12,14-15H2,1-2H3,(H,32,33)/t27-,29?;26-/m10/s1. The third-order valence-electron chi connectivity index (χ3n) is 13.6. The van der Waals surface area contributed by atoms with E-state index < -0.39 is 55.4 Å². The lowest BCUT2D eigenvalue weighted by Gasteiger charge is -2.31. The number of fused-ring (bicyclic) bond motifs is 2. The van der Waals surface area contributed by atoms with Crippen LogP contribution >= 0.6 is 0 Å². The van der Waals surface area contributed by atoms with Crippen molar-refractivity contribution in [2.24, 2.45) is 0 Å². The lowest BCUT2D eigenvalue weighted by atomic mass is 9.85. The fraction of sp³-hybridized carbons (Fsp3) is 0.298. The minimum absolute atomic E-state index is 0.342. The number of aromatic nitrogens is 2. The molecule has 0 fully saturated rings. The van der Waals surface area contributed by atoms with E-state index >= 15 is 0 Å². The summed E-state index contributed by atoms with van der Waals surface area (Å²) in [6.07, 6.45) is 2.45. The van der Waals surface area contributed by atoms with Gasteiger partial charge in [-0.2, -0.15) is 0 Å². The van der Waals surface area contributed by atoms with Crippen molar-refractivity contribution < 1.29 is 51.9 Å². The zero-order chi connectivity index (χ0) is 49.5. The molecule has 0 saturated heterocycles. The minimum atomic E-state index is -1.88. The maximum Gasteiger partial charge on any atom is 0.337 e. The van der Waals surface area contributed by atoms with Crippen molar-refractivity contribution in [2.75, 3.05) is 33.2 Å². The van der Waals surface area contributed by atoms with Crippen LogP contribution in [0.15, 0.2) is 109 Å². The van der Waals surface area contributed by atoms with E-state index in [2.05, 4.69) is 4.98 Å². The van der Waals surface area contributed by atoms with Gasteiger partial charge < -0.3 is 29.2 Å². The summed E-state index contributed by atoms with van der Waals surface area (Å²) in [7, 11) is 0. The number of hydrogen-bond donors (Lipinski definition) is 2. The highest BCUT2D eigenvalue weighted by Gasteiger charge is 2.38. The Labute approximate surface area is 403 Å². The van der Waals surface area contributed by atoms with E-state index in [-0.39, 0.29) is 0 Å². The van der Waals surface area contributed by atoms with E-state index in [9.17, 15) is 33.0 Å². The number of carboxylic acids is 2. The third-order valence-corrected chi connectivity index (χ3v) is 13.6. The maximum absolute atomic E-state index is 14.0. The van der Waals surface area contributed by atoms with Gasteiger partial charge in [-0.25, -0.2) is 22.8 Å². The number of aryl methyl sites for hydroxylation is 2. The number of nitrogens with zero attached hydrogens (tertiary/aromatic N) is 2. The van der Waals surface area contributed by atoms with Gasteiger partial charge in [-0.1, -0.05) is 67.6 Å². The van der Waals surface area contributed by atoms with E-state index in [1.54, 1.807) is 33.2 Å². The Morgan fingerprint density at radius 1 is 0.629 bits per heavy atom. The van der Waals surface area contributed by atoms with Crippen LogP contribution in [0.2, 0.25) is 0 Å². The van der Waals surface area contributed by atoms with Gasteiger partial charge in [0, 0.05) is 58.3 Å². The molecule has 1 unspecified atom stereocenters. The first kappa shape index (κ1) is 48.0. The second-order valence-corrected chi connectivity index (χ2v) is 18.5. The largest absolute Gasteiger partial charge is 0.493 e. The van der Waals surface area contributed by atoms with E-state index in [0.29, 0.717) is 53.0 Å². The molecule has 70 heavy (non-hydrogen) atoms. The van der Waals surface area contributed by atoms with Gasteiger partial charge in [0.2, 0.25) is 0 Å². The molecule has 2 aromatic heterocycles. The van der Waals surface area contributed by atoms with Crippen LogP contribution in [0.3, 0.4) is 0 Å². The maximum atomic E-state index is 14.0. The van der Waals surface area contributed by atoms with Crippen molar-refractivity contribution in [1.82, 2.24) is 9.97 Å². The summed E-state index contributed by atoms with van der Waals surface area (Å²) in [5, 5.41) is 25.9. The van der Waals surface area contributed by atoms with Crippen molar-refractivity contribution in [3.63, 3.8) is 0 Å². The molecule has 0 aliphatic carbocycles. The molecule has 0 amide bonds. The Hall–Kier alpha value is -7.09. The highest BCUT2D eigenvalue weighted by atomic mass is 19.1. The fourth-order valence-electron chi connectivity index (χ4n) is 9.81. The molecule has 360 valence electrons. The monoisotopic (exact) mass is 950 g/mol. The van der Waals surface area contributed by atoms with Gasteiger partial charge in [-0.05, 0) is 125 Å². The Bertz CT molecular complexity index is 3090. The van der Waals surface area contributed by atoms with E-state index in [4.69, 9.17) is 23.9 Å². The molecule has 13 heteroatoms. The molecule has 0 radical (unpaired) electrons. The summed E-state index contributed by atoms with van der Waals surface area (Å²) in [6, 6.07) is 30.9. The molecule has 0 saturated carbocycles. The molecule has 4 heterocycles. The Balaban J connectivity index is 0.000000174. The first-order valence-electron chi connectivity index (χ1n) is 23.3. The quantitative estimate of drug-likeness (QED) is 0.108. The van der Waals surface area contributed by atoms with E-state index in [1.807, 2.05) is 104 Å². The van der Waals surface area contributed by atoms with Gasteiger partial charge >= 0.3 is 11.9 Å². The lowest BCUT2D eigenvalue weighted by Crippen LogP contribution is -2.38. The summed E-state index contributed by atoms with van der Waals surface area (Å²) < 4.78 is 64.9. The second-order valence-electron chi connectivity index (χ2n) is 18.5. The Morgan fingerprint density at radius 2 is 1.04 bits per heavy atom. The topological polar surface area (TPSA) is 137 Å². The Morgan fingerprint density at radius 3 is 1.44 bits per heavy atom. The summed E-state index contributed by atoms with van der Waals surface area (Å²) in [5.74, 6) is -0.975. The lowest BCUT2D eigenvalue weighted by molar-refractivity contribution is -0.168. The van der Waals surface area contributed by atoms with Gasteiger partial charge in [-0.3, -0.25) is 9.97 Å². The normalized spacial score (nSPS) is 14.9. The Kier molecular flexibility index (Phi) is 13.3. The summed E-state index contributed by atoms with van der Waals surface area (Å²) in [6.45, 7) is 6.39. The van der Waals surface area contributed by atoms with E-state index in [0.717, 1.165) is 90.0 Å². The molecule has 6 aromatic carbocycles. The number of alkyl halides is 3. The average Bonchev–Trinajstić information content (AvgIpc) is 3.37. The number of rotatable bonds is 14. The average molecular weight is 951 g/mol. The number of pyridine rings is 2. The SMILES string of the molecule is CCC(C)(CF)O[C@@H](C(=O)O)c1c(C)cc2ccccc2c1-c1ccc2c3c(ccnc13)CCO2.Cc1cc2ccccc2c(-c2ccc3c4c(ccnc24)CCO3)c1[C@H](OC(C)(CF)CF)C(=O)O. The molecule has 10 nitrogen and oxygen atoms in total. The number of benzene rings is 6. The highest BCUT2D eigenvalue weighted by molar-refractivity contribution is 6.10. The van der Waals surface area contributed by atoms with Crippen molar-refractivity contribution in [1.29, 1.82) is 0 Å². The summed E-state index contributed by atoms with van der Waals surface area (Å²) in [5.41, 5.74) is 5.74. The second kappa shape index (κ2) is 19.4. The highest BCUT2D eigenvalue weighted by Crippen LogP contribution is 2.47. The predicted molar refractivity (Wildman–Crippen MR) is 265 cm³/mol. The van der Waals surface area contributed by atoms with Gasteiger partial charge in [-0.15, -0.1) is 0 Å². The van der Waals surface area contributed by atoms with Crippen LogP contribution in [0.5, 0.6) is 11.5 Å². The summed E-state index contributed by atoms with van der Waals surface area (Å²) >= 11 is 0. The first-order chi connectivity index (χ1) is 33.7. The number of aliphatic carboxylic acids is 2. The smallest absolute Gasteiger partial charge is 0.337 e. The molecule has 8 aromatic rings. The molecular weight excluding hydrogens is 898 g/mol. The van der Waals surface area contributed by atoms with Gasteiger partial charge in [0.15, 0.2) is 12.2 Å². The van der Waals surface area contributed by atoms with Crippen LogP contribution in [-0.2, 0) is 31.9 Å². The van der Waals surface area contributed by atoms with Crippen molar-refractivity contribution >= 4 is 55.3 Å². The van der Waals surface area contributed by atoms with Crippen molar-refractivity contribution in [2.45, 2.75) is 77.3 Å². The van der Waals surface area contributed by atoms with Gasteiger partial charge in [0.1, 0.15) is 37.1 Å². The number of carbonyl (C=O) groups is 2. The summed E-state index contributed by atoms with van der Waals surface area (Å²) in [4.78, 5) is 34.5. The van der Waals surface area contributed by atoms with Gasteiger partial charge in [0.25, 0.3) is 0 Å². The van der Waals surface area contributed by atoms with Crippen LogP contribution in [-0.4, -0.2) is 76.6 Å². The number of hydrogen-bond acceptors (Lipinski definition) is 8. The van der Waals surface area contributed by atoms with Crippen LogP contribution < -0.4 is 9.47 Å². The molecule has 3 atom stereocenters. The van der Waals surface area contributed by atoms with Crippen LogP contribution in [0, 0.1) is 13.8 Å². The zero-order valence-electron chi connectivity index (χ0n) is 39.6. The third kappa shape index (κ3) is 8.66. The van der Waals surface area contributed by atoms with Crippen molar-refractivity contribution in [3.8, 4) is 33.8 Å². The van der Waals surface area contributed by atoms with Crippen LogP contribution in [0.1, 0.15) is 72.8 Å². The van der Waals surface area contributed by atoms with Crippen molar-refractivity contribution in [3.05, 3.63) is 143 Å². The number of ether oxygens (including phenoxy) is 4. The number of carboxylic acid groups (broad SMARTS) is 2. The van der Waals surface area contributed by atoms with Gasteiger partial charge in [0.05, 0.1) is 29.8 Å². The number of halogens is 3. The molecule has 2 aliphatic rings. The molecule has 0 spiro atoms. The molecule has 2 N–H and O–H groups in total. The first-order valence-corrected chi connectivity index (χ1v) is 23.3.